The number of anilines is 6. The van der Waals surface area contributed by atoms with E-state index in [9.17, 15) is 4.79 Å². The standard InChI is InChI=1S/C48H45BN2O2/c1-29-20-31(3)46(32(4)21-29)50-41-19-13-12-18-39(41)49-40-24-36-16-10-11-17-37(36)25-42(40)51(47-33(5)22-30(2)23-34(47)6)44-27-38(26-43(50)45(44)49)48(52)53-28-35-14-8-7-9-15-35/h7-9,12-15,18-27H,10-11,16-17,28H2,1-6H3. The largest absolute Gasteiger partial charge is 0.457 e. The molecule has 2 aliphatic heterocycles. The lowest BCUT2D eigenvalue weighted by Crippen LogP contribution is -2.61. The van der Waals surface area contributed by atoms with Gasteiger partial charge >= 0.3 is 5.97 Å². The van der Waals surface area contributed by atoms with Crippen molar-refractivity contribution in [2.75, 3.05) is 9.80 Å². The molecule has 0 fully saturated rings. The van der Waals surface area contributed by atoms with Gasteiger partial charge in [0.2, 0.25) is 0 Å². The second-order valence-electron chi connectivity index (χ2n) is 15.5. The topological polar surface area (TPSA) is 32.8 Å². The number of hydrogen-bond acceptors (Lipinski definition) is 4. The zero-order valence-corrected chi connectivity index (χ0v) is 31.6. The number of carbonyl (C=O) groups is 1. The number of fused-ring (bicyclic) bond motifs is 5. The maximum Gasteiger partial charge on any atom is 0.338 e. The lowest BCUT2D eigenvalue weighted by molar-refractivity contribution is 0.0473. The number of ether oxygens (including phenoxy) is 1. The van der Waals surface area contributed by atoms with Crippen LogP contribution in [0.5, 0.6) is 0 Å². The molecule has 0 unspecified atom stereocenters. The zero-order chi connectivity index (χ0) is 36.5. The Morgan fingerprint density at radius 3 is 1.72 bits per heavy atom. The maximum absolute atomic E-state index is 14.3. The Kier molecular flexibility index (Phi) is 8.07. The van der Waals surface area contributed by atoms with Gasteiger partial charge in [-0.15, -0.1) is 0 Å². The molecule has 1 aliphatic carbocycles. The molecule has 0 spiro atoms. The van der Waals surface area contributed by atoms with Crippen molar-refractivity contribution in [3.63, 3.8) is 0 Å². The summed E-state index contributed by atoms with van der Waals surface area (Å²) in [5.41, 5.74) is 22.4. The third-order valence-corrected chi connectivity index (χ3v) is 11.6. The molecule has 4 nitrogen and oxygen atoms in total. The van der Waals surface area contributed by atoms with Gasteiger partial charge in [-0.3, -0.25) is 0 Å². The van der Waals surface area contributed by atoms with Crippen LogP contribution in [0.1, 0.15) is 73.3 Å². The van der Waals surface area contributed by atoms with E-state index in [-0.39, 0.29) is 19.3 Å². The summed E-state index contributed by atoms with van der Waals surface area (Å²) in [4.78, 5) is 19.3. The highest BCUT2D eigenvalue weighted by molar-refractivity contribution is 7.00. The van der Waals surface area contributed by atoms with Crippen LogP contribution in [0.25, 0.3) is 0 Å². The van der Waals surface area contributed by atoms with E-state index < -0.39 is 0 Å². The van der Waals surface area contributed by atoms with Gasteiger partial charge in [-0.25, -0.2) is 4.79 Å². The summed E-state index contributed by atoms with van der Waals surface area (Å²) < 4.78 is 6.10. The second kappa shape index (κ2) is 12.8. The van der Waals surface area contributed by atoms with E-state index in [1.165, 1.54) is 85.1 Å². The van der Waals surface area contributed by atoms with Gasteiger partial charge < -0.3 is 14.5 Å². The second-order valence-corrected chi connectivity index (χ2v) is 15.5. The molecule has 6 aromatic carbocycles. The molecule has 6 aromatic rings. The minimum atomic E-state index is -0.325. The molecule has 2 heterocycles. The van der Waals surface area contributed by atoms with Crippen LogP contribution in [0, 0.1) is 41.5 Å². The predicted octanol–water partition coefficient (Wildman–Crippen LogP) is 9.86. The number of benzene rings is 6. The summed E-state index contributed by atoms with van der Waals surface area (Å²) in [6, 6.07) is 37.2. The first-order valence-electron chi connectivity index (χ1n) is 19.1. The molecular formula is C48H45BN2O2. The van der Waals surface area contributed by atoms with Gasteiger partial charge in [-0.2, -0.15) is 0 Å². The molecule has 0 amide bonds. The average Bonchev–Trinajstić information content (AvgIpc) is 3.14. The zero-order valence-electron chi connectivity index (χ0n) is 31.6. The molecule has 53 heavy (non-hydrogen) atoms. The van der Waals surface area contributed by atoms with Gasteiger partial charge in [-0.05, 0) is 147 Å². The van der Waals surface area contributed by atoms with Crippen molar-refractivity contribution >= 4 is 63.2 Å². The van der Waals surface area contributed by atoms with E-state index in [4.69, 9.17) is 4.74 Å². The summed E-state index contributed by atoms with van der Waals surface area (Å²) in [7, 11) is 0. The van der Waals surface area contributed by atoms with Crippen LogP contribution >= 0.6 is 0 Å². The highest BCUT2D eigenvalue weighted by atomic mass is 16.5. The quantitative estimate of drug-likeness (QED) is 0.133. The molecule has 0 aromatic heterocycles. The summed E-state index contributed by atoms with van der Waals surface area (Å²) in [6.07, 6.45) is 4.64. The molecule has 262 valence electrons. The molecule has 0 saturated carbocycles. The Labute approximate surface area is 314 Å². The Morgan fingerprint density at radius 1 is 0.585 bits per heavy atom. The SMILES string of the molecule is Cc1cc(C)c(N2c3ccccc3B3c4cc5c(cc4N(c4c(C)cc(C)cc4C)c4cc(C(=O)OCc6ccccc6)cc2c43)CCCC5)c(C)c1. The van der Waals surface area contributed by atoms with Crippen molar-refractivity contribution in [1.29, 1.82) is 0 Å². The number of carbonyl (C=O) groups excluding carboxylic acids is 1. The number of nitrogens with zero attached hydrogens (tertiary/aromatic N) is 2. The van der Waals surface area contributed by atoms with Gasteiger partial charge in [-0.1, -0.05) is 90.0 Å². The Bertz CT molecular complexity index is 2420. The lowest BCUT2D eigenvalue weighted by atomic mass is 9.33. The first-order valence-corrected chi connectivity index (χ1v) is 19.1. The van der Waals surface area contributed by atoms with Crippen LogP contribution in [-0.4, -0.2) is 12.7 Å². The highest BCUT2D eigenvalue weighted by Gasteiger charge is 2.45. The molecule has 0 saturated heterocycles. The molecular weight excluding hydrogens is 647 g/mol. The number of esters is 1. The van der Waals surface area contributed by atoms with E-state index >= 15 is 0 Å². The van der Waals surface area contributed by atoms with Crippen molar-refractivity contribution in [3.05, 3.63) is 159 Å². The van der Waals surface area contributed by atoms with E-state index in [0.29, 0.717) is 5.56 Å². The van der Waals surface area contributed by atoms with Crippen LogP contribution in [-0.2, 0) is 24.2 Å². The third kappa shape index (κ3) is 5.48. The molecule has 0 bridgehead atoms. The lowest BCUT2D eigenvalue weighted by Gasteiger charge is -2.46. The summed E-state index contributed by atoms with van der Waals surface area (Å²) in [6.45, 7) is 13.4. The van der Waals surface area contributed by atoms with Crippen molar-refractivity contribution < 1.29 is 9.53 Å². The molecule has 3 aliphatic rings. The first-order chi connectivity index (χ1) is 25.7. The summed E-state index contributed by atoms with van der Waals surface area (Å²) in [5.74, 6) is -0.325. The van der Waals surface area contributed by atoms with E-state index in [2.05, 4.69) is 124 Å². The Balaban J connectivity index is 1.37. The van der Waals surface area contributed by atoms with Crippen molar-refractivity contribution in [2.24, 2.45) is 0 Å². The van der Waals surface area contributed by atoms with Crippen LogP contribution in [0.15, 0.2) is 103 Å². The fourth-order valence-electron chi connectivity index (χ4n) is 9.64. The van der Waals surface area contributed by atoms with Crippen LogP contribution in [0.2, 0.25) is 0 Å². The van der Waals surface area contributed by atoms with E-state index in [0.717, 1.165) is 41.2 Å². The summed E-state index contributed by atoms with van der Waals surface area (Å²) >= 11 is 0. The third-order valence-electron chi connectivity index (χ3n) is 11.6. The van der Waals surface area contributed by atoms with E-state index in [1.54, 1.807) is 0 Å². The number of hydrogen-bond donors (Lipinski definition) is 0. The Morgan fingerprint density at radius 2 is 1.11 bits per heavy atom. The first kappa shape index (κ1) is 33.3. The predicted molar refractivity (Wildman–Crippen MR) is 221 cm³/mol. The minimum Gasteiger partial charge on any atom is -0.457 e. The molecule has 9 rings (SSSR count). The fraction of sp³-hybridized carbons (Fsp3) is 0.229. The van der Waals surface area contributed by atoms with Gasteiger partial charge in [0, 0.05) is 22.7 Å². The summed E-state index contributed by atoms with van der Waals surface area (Å²) in [5, 5.41) is 0. The molecule has 5 heteroatoms. The molecule has 0 radical (unpaired) electrons. The highest BCUT2D eigenvalue weighted by Crippen LogP contribution is 2.48. The number of rotatable bonds is 5. The molecule has 0 atom stereocenters. The monoisotopic (exact) mass is 692 g/mol. The maximum atomic E-state index is 14.3. The normalized spacial score (nSPS) is 14.0. The number of aryl methyl sites for hydroxylation is 8. The van der Waals surface area contributed by atoms with Gasteiger partial charge in [0.25, 0.3) is 6.71 Å². The smallest absolute Gasteiger partial charge is 0.338 e. The average molecular weight is 693 g/mol. The van der Waals surface area contributed by atoms with Crippen LogP contribution < -0.4 is 26.2 Å². The van der Waals surface area contributed by atoms with Crippen molar-refractivity contribution in [1.82, 2.24) is 0 Å². The van der Waals surface area contributed by atoms with Crippen LogP contribution in [0.4, 0.5) is 34.1 Å². The van der Waals surface area contributed by atoms with Crippen LogP contribution in [0.3, 0.4) is 0 Å². The van der Waals surface area contributed by atoms with Gasteiger partial charge in [0.15, 0.2) is 0 Å². The van der Waals surface area contributed by atoms with E-state index in [1.807, 2.05) is 30.3 Å². The van der Waals surface area contributed by atoms with Crippen molar-refractivity contribution in [2.45, 2.75) is 73.8 Å². The Hall–Kier alpha value is -5.55. The van der Waals surface area contributed by atoms with Gasteiger partial charge in [0.1, 0.15) is 6.61 Å². The number of para-hydroxylation sites is 1. The minimum absolute atomic E-state index is 0.00237. The fourth-order valence-corrected chi connectivity index (χ4v) is 9.64. The molecule has 0 N–H and O–H groups in total. The van der Waals surface area contributed by atoms with Gasteiger partial charge in [0.05, 0.1) is 16.9 Å². The van der Waals surface area contributed by atoms with Crippen molar-refractivity contribution in [3.8, 4) is 0 Å².